The van der Waals surface area contributed by atoms with Crippen LogP contribution >= 0.6 is 0 Å². The standard InChI is InChI=1S/C15H14N4O/c20-15(6-7-16-11-19-15)8-13-9-18-14(10-17-13)12-4-2-1-3-5-12/h1-7,9-11,20H,8H2,(H,16,19). The predicted molar refractivity (Wildman–Crippen MR) is 76.9 cm³/mol. The van der Waals surface area contributed by atoms with Crippen molar-refractivity contribution >= 4 is 6.34 Å². The highest BCUT2D eigenvalue weighted by Crippen LogP contribution is 2.18. The summed E-state index contributed by atoms with van der Waals surface area (Å²) in [6.07, 6.45) is 8.39. The van der Waals surface area contributed by atoms with E-state index in [4.69, 9.17) is 0 Å². The molecule has 0 bridgehead atoms. The van der Waals surface area contributed by atoms with Crippen LogP contribution < -0.4 is 5.32 Å². The van der Waals surface area contributed by atoms with Gasteiger partial charge >= 0.3 is 0 Å². The van der Waals surface area contributed by atoms with Crippen molar-refractivity contribution < 1.29 is 5.11 Å². The van der Waals surface area contributed by atoms with E-state index in [0.29, 0.717) is 12.1 Å². The van der Waals surface area contributed by atoms with Gasteiger partial charge in [0.25, 0.3) is 0 Å². The van der Waals surface area contributed by atoms with E-state index in [1.807, 2.05) is 30.3 Å². The number of benzene rings is 1. The third-order valence-electron chi connectivity index (χ3n) is 3.03. The van der Waals surface area contributed by atoms with Crippen molar-refractivity contribution in [1.29, 1.82) is 0 Å². The Kier molecular flexibility index (Phi) is 3.26. The van der Waals surface area contributed by atoms with Crippen molar-refractivity contribution in [2.45, 2.75) is 12.1 Å². The number of hydrogen-bond acceptors (Lipinski definition) is 5. The van der Waals surface area contributed by atoms with Gasteiger partial charge in [-0.2, -0.15) is 0 Å². The molecule has 0 saturated heterocycles. The summed E-state index contributed by atoms with van der Waals surface area (Å²) in [4.78, 5) is 12.7. The molecular formula is C15H14N4O. The van der Waals surface area contributed by atoms with Gasteiger partial charge in [-0.25, -0.2) is 4.99 Å². The van der Waals surface area contributed by atoms with Crippen molar-refractivity contribution in [2.75, 3.05) is 0 Å². The fraction of sp³-hybridized carbons (Fsp3) is 0.133. The van der Waals surface area contributed by atoms with E-state index in [1.165, 1.54) is 6.34 Å². The summed E-state index contributed by atoms with van der Waals surface area (Å²) in [6.45, 7) is 0. The van der Waals surface area contributed by atoms with Crippen LogP contribution in [-0.2, 0) is 6.42 Å². The highest BCUT2D eigenvalue weighted by molar-refractivity contribution is 5.59. The minimum Gasteiger partial charge on any atom is -0.365 e. The molecule has 5 heteroatoms. The Hall–Kier alpha value is -2.53. The second kappa shape index (κ2) is 5.22. The Balaban J connectivity index is 1.78. The van der Waals surface area contributed by atoms with E-state index in [9.17, 15) is 5.11 Å². The number of nitrogens with zero attached hydrogens (tertiary/aromatic N) is 3. The van der Waals surface area contributed by atoms with Gasteiger partial charge in [-0.15, -0.1) is 0 Å². The largest absolute Gasteiger partial charge is 0.365 e. The summed E-state index contributed by atoms with van der Waals surface area (Å²) in [7, 11) is 0. The zero-order chi connectivity index (χ0) is 13.8. The lowest BCUT2D eigenvalue weighted by Crippen LogP contribution is -2.31. The van der Waals surface area contributed by atoms with E-state index >= 15 is 0 Å². The zero-order valence-electron chi connectivity index (χ0n) is 10.8. The fourth-order valence-corrected chi connectivity index (χ4v) is 1.99. The van der Waals surface area contributed by atoms with Crippen LogP contribution in [0.2, 0.25) is 0 Å². The average molecular weight is 266 g/mol. The third-order valence-corrected chi connectivity index (χ3v) is 3.03. The van der Waals surface area contributed by atoms with Crippen molar-refractivity contribution in [3.8, 4) is 11.3 Å². The summed E-state index contributed by atoms with van der Waals surface area (Å²) >= 11 is 0. The van der Waals surface area contributed by atoms with Gasteiger partial charge in [0.2, 0.25) is 0 Å². The molecule has 20 heavy (non-hydrogen) atoms. The first-order chi connectivity index (χ1) is 9.75. The monoisotopic (exact) mass is 266 g/mol. The van der Waals surface area contributed by atoms with Gasteiger partial charge in [0, 0.05) is 24.4 Å². The summed E-state index contributed by atoms with van der Waals surface area (Å²) in [5.74, 6) is 0. The molecule has 0 aliphatic carbocycles. The first kappa shape index (κ1) is 12.5. The second-order valence-corrected chi connectivity index (χ2v) is 4.57. The first-order valence-electron chi connectivity index (χ1n) is 6.31. The lowest BCUT2D eigenvalue weighted by molar-refractivity contribution is 0.0988. The predicted octanol–water partition coefficient (Wildman–Crippen LogP) is 1.52. The highest BCUT2D eigenvalue weighted by atomic mass is 16.3. The molecule has 3 rings (SSSR count). The first-order valence-corrected chi connectivity index (χ1v) is 6.31. The third kappa shape index (κ3) is 2.73. The van der Waals surface area contributed by atoms with E-state index in [2.05, 4.69) is 20.3 Å². The van der Waals surface area contributed by atoms with Crippen molar-refractivity contribution in [3.63, 3.8) is 0 Å². The molecule has 1 aliphatic rings. The fourth-order valence-electron chi connectivity index (χ4n) is 1.99. The van der Waals surface area contributed by atoms with Crippen LogP contribution in [0.5, 0.6) is 0 Å². The van der Waals surface area contributed by atoms with Gasteiger partial charge in [-0.1, -0.05) is 30.3 Å². The molecule has 5 nitrogen and oxygen atoms in total. The van der Waals surface area contributed by atoms with Crippen LogP contribution in [0.4, 0.5) is 0 Å². The summed E-state index contributed by atoms with van der Waals surface area (Å²) in [5, 5.41) is 13.0. The normalized spacial score (nSPS) is 20.6. The van der Waals surface area contributed by atoms with Crippen molar-refractivity contribution in [2.24, 2.45) is 4.99 Å². The van der Waals surface area contributed by atoms with Gasteiger partial charge in [0.15, 0.2) is 5.72 Å². The summed E-state index contributed by atoms with van der Waals surface area (Å²) in [5.41, 5.74) is 1.28. The molecule has 2 heterocycles. The summed E-state index contributed by atoms with van der Waals surface area (Å²) < 4.78 is 0. The number of rotatable bonds is 3. The molecule has 100 valence electrons. The SMILES string of the molecule is OC1(Cc2cnc(-c3ccccc3)cn2)C=CNC=N1. The van der Waals surface area contributed by atoms with Crippen LogP contribution in [0, 0.1) is 0 Å². The molecule has 0 saturated carbocycles. The number of aliphatic hydroxyl groups is 1. The van der Waals surface area contributed by atoms with Gasteiger partial charge in [-0.3, -0.25) is 9.97 Å². The number of hydrogen-bond donors (Lipinski definition) is 2. The molecule has 1 aromatic heterocycles. The quantitative estimate of drug-likeness (QED) is 0.883. The molecule has 2 aromatic rings. The van der Waals surface area contributed by atoms with E-state index in [0.717, 1.165) is 11.3 Å². The van der Waals surface area contributed by atoms with Crippen LogP contribution in [0.3, 0.4) is 0 Å². The molecule has 0 amide bonds. The lowest BCUT2D eigenvalue weighted by atomic mass is 10.1. The molecule has 1 atom stereocenters. The summed E-state index contributed by atoms with van der Waals surface area (Å²) in [6, 6.07) is 9.85. The van der Waals surface area contributed by atoms with Crippen LogP contribution in [-0.4, -0.2) is 27.1 Å². The minimum atomic E-state index is -1.24. The number of nitrogens with one attached hydrogen (secondary N) is 1. The van der Waals surface area contributed by atoms with Crippen LogP contribution in [0.15, 0.2) is 60.0 Å². The average Bonchev–Trinajstić information content (AvgIpc) is 2.49. The van der Waals surface area contributed by atoms with Crippen LogP contribution in [0.25, 0.3) is 11.3 Å². The minimum absolute atomic E-state index is 0.295. The van der Waals surface area contributed by atoms with Crippen LogP contribution in [0.1, 0.15) is 5.69 Å². The second-order valence-electron chi connectivity index (χ2n) is 4.57. The Morgan fingerprint density at radius 3 is 2.60 bits per heavy atom. The Morgan fingerprint density at radius 1 is 1.10 bits per heavy atom. The van der Waals surface area contributed by atoms with E-state index < -0.39 is 5.72 Å². The molecule has 1 unspecified atom stereocenters. The molecule has 1 aliphatic heterocycles. The molecular weight excluding hydrogens is 252 g/mol. The van der Waals surface area contributed by atoms with Gasteiger partial charge < -0.3 is 10.4 Å². The molecule has 0 radical (unpaired) electrons. The molecule has 2 N–H and O–H groups in total. The maximum absolute atomic E-state index is 10.2. The molecule has 0 fully saturated rings. The van der Waals surface area contributed by atoms with Gasteiger partial charge in [-0.05, 0) is 6.08 Å². The maximum atomic E-state index is 10.2. The Morgan fingerprint density at radius 2 is 1.95 bits per heavy atom. The molecule has 0 spiro atoms. The van der Waals surface area contributed by atoms with E-state index in [1.54, 1.807) is 24.7 Å². The smallest absolute Gasteiger partial charge is 0.184 e. The maximum Gasteiger partial charge on any atom is 0.184 e. The lowest BCUT2D eigenvalue weighted by Gasteiger charge is -2.21. The van der Waals surface area contributed by atoms with Gasteiger partial charge in [0.05, 0.1) is 23.9 Å². The van der Waals surface area contributed by atoms with Crippen molar-refractivity contribution in [1.82, 2.24) is 15.3 Å². The molecule has 1 aromatic carbocycles. The topological polar surface area (TPSA) is 70.4 Å². The highest BCUT2D eigenvalue weighted by Gasteiger charge is 2.24. The Labute approximate surface area is 116 Å². The van der Waals surface area contributed by atoms with Gasteiger partial charge in [0.1, 0.15) is 0 Å². The van der Waals surface area contributed by atoms with E-state index in [-0.39, 0.29) is 0 Å². The number of aliphatic imine (C=N–C) groups is 1. The van der Waals surface area contributed by atoms with Crippen molar-refractivity contribution in [3.05, 3.63) is 60.7 Å². The number of aromatic nitrogens is 2. The Bertz CT molecular complexity index is 623. The zero-order valence-corrected chi connectivity index (χ0v) is 10.8.